The van der Waals surface area contributed by atoms with Crippen LogP contribution in [0.3, 0.4) is 0 Å². The van der Waals surface area contributed by atoms with Crippen molar-refractivity contribution in [3.05, 3.63) is 58.4 Å². The Kier molecular flexibility index (Phi) is 2.84. The lowest BCUT2D eigenvalue weighted by molar-refractivity contribution is 1.56. The van der Waals surface area contributed by atoms with Crippen molar-refractivity contribution in [2.24, 2.45) is 0 Å². The van der Waals surface area contributed by atoms with Gasteiger partial charge in [-0.25, -0.2) is 0 Å². The zero-order valence-corrected chi connectivity index (χ0v) is 13.2. The standard InChI is InChI=1S/C17H11ClS2/c1-10-8-15(19-9-10)13-6-2-4-11-12-5-3-7-14(18)17(12)20-16(11)13/h2-9H,1H3. The van der Waals surface area contributed by atoms with Gasteiger partial charge >= 0.3 is 0 Å². The van der Waals surface area contributed by atoms with Gasteiger partial charge in [0.25, 0.3) is 0 Å². The second-order valence-corrected chi connectivity index (χ2v) is 7.23. The Morgan fingerprint density at radius 3 is 2.45 bits per heavy atom. The topological polar surface area (TPSA) is 0 Å². The largest absolute Gasteiger partial charge is 0.144 e. The highest BCUT2D eigenvalue weighted by molar-refractivity contribution is 7.27. The lowest BCUT2D eigenvalue weighted by Crippen LogP contribution is -1.72. The summed E-state index contributed by atoms with van der Waals surface area (Å²) < 4.78 is 2.52. The Labute approximate surface area is 130 Å². The molecule has 0 bridgehead atoms. The molecule has 4 aromatic rings. The fourth-order valence-electron chi connectivity index (χ4n) is 2.55. The number of halogens is 1. The summed E-state index contributed by atoms with van der Waals surface area (Å²) in [7, 11) is 0. The molecule has 0 aliphatic carbocycles. The first kappa shape index (κ1) is 12.4. The lowest BCUT2D eigenvalue weighted by Gasteiger charge is -1.99. The SMILES string of the molecule is Cc1csc(-c2cccc3c2sc2c(Cl)cccc23)c1. The molecule has 0 saturated heterocycles. The van der Waals surface area contributed by atoms with Crippen molar-refractivity contribution in [1.82, 2.24) is 0 Å². The maximum absolute atomic E-state index is 6.34. The van der Waals surface area contributed by atoms with E-state index in [4.69, 9.17) is 11.6 Å². The molecular formula is C17H11ClS2. The third-order valence-electron chi connectivity index (χ3n) is 3.47. The molecule has 0 amide bonds. The molecule has 3 heteroatoms. The molecule has 0 N–H and O–H groups in total. The minimum absolute atomic E-state index is 0.844. The first-order valence-corrected chi connectivity index (χ1v) is 8.47. The zero-order valence-electron chi connectivity index (χ0n) is 10.8. The molecule has 0 saturated carbocycles. The second kappa shape index (κ2) is 4.59. The Bertz CT molecular complexity index is 931. The van der Waals surface area contributed by atoms with E-state index in [0.717, 1.165) is 5.02 Å². The molecule has 0 unspecified atom stereocenters. The summed E-state index contributed by atoms with van der Waals surface area (Å²) in [6, 6.07) is 14.9. The third-order valence-corrected chi connectivity index (χ3v) is 6.27. The van der Waals surface area contributed by atoms with Crippen LogP contribution in [0.25, 0.3) is 30.6 Å². The molecule has 2 heterocycles. The molecule has 20 heavy (non-hydrogen) atoms. The van der Waals surface area contributed by atoms with Gasteiger partial charge in [-0.15, -0.1) is 22.7 Å². The minimum atomic E-state index is 0.844. The Morgan fingerprint density at radius 2 is 1.70 bits per heavy atom. The van der Waals surface area contributed by atoms with Crippen LogP contribution in [-0.2, 0) is 0 Å². The number of hydrogen-bond donors (Lipinski definition) is 0. The number of rotatable bonds is 1. The van der Waals surface area contributed by atoms with Crippen molar-refractivity contribution in [3.63, 3.8) is 0 Å². The normalized spacial score (nSPS) is 11.5. The van der Waals surface area contributed by atoms with Gasteiger partial charge in [-0.1, -0.05) is 41.9 Å². The van der Waals surface area contributed by atoms with Crippen molar-refractivity contribution in [2.45, 2.75) is 6.92 Å². The summed E-state index contributed by atoms with van der Waals surface area (Å²) in [5, 5.41) is 5.61. The molecule has 0 spiro atoms. The van der Waals surface area contributed by atoms with Gasteiger partial charge in [0, 0.05) is 25.9 Å². The van der Waals surface area contributed by atoms with E-state index < -0.39 is 0 Å². The molecule has 0 aliphatic heterocycles. The van der Waals surface area contributed by atoms with Crippen LogP contribution in [-0.4, -0.2) is 0 Å². The van der Waals surface area contributed by atoms with Crippen LogP contribution in [0.1, 0.15) is 5.56 Å². The fourth-order valence-corrected chi connectivity index (χ4v) is 5.07. The number of aryl methyl sites for hydroxylation is 1. The van der Waals surface area contributed by atoms with Gasteiger partial charge in [-0.2, -0.15) is 0 Å². The van der Waals surface area contributed by atoms with Gasteiger partial charge < -0.3 is 0 Å². The van der Waals surface area contributed by atoms with Crippen LogP contribution >= 0.6 is 34.3 Å². The highest BCUT2D eigenvalue weighted by atomic mass is 35.5. The van der Waals surface area contributed by atoms with Crippen LogP contribution < -0.4 is 0 Å². The molecule has 0 fully saturated rings. The Balaban J connectivity index is 2.13. The molecule has 0 nitrogen and oxygen atoms in total. The second-order valence-electron chi connectivity index (χ2n) is 4.89. The van der Waals surface area contributed by atoms with Crippen molar-refractivity contribution < 1.29 is 0 Å². The number of fused-ring (bicyclic) bond motifs is 3. The summed E-state index contributed by atoms with van der Waals surface area (Å²) in [5.74, 6) is 0. The van der Waals surface area contributed by atoms with Gasteiger partial charge in [0.2, 0.25) is 0 Å². The van der Waals surface area contributed by atoms with Crippen molar-refractivity contribution in [3.8, 4) is 10.4 Å². The van der Waals surface area contributed by atoms with Gasteiger partial charge in [0.15, 0.2) is 0 Å². The highest BCUT2D eigenvalue weighted by Crippen LogP contribution is 2.43. The quantitative estimate of drug-likeness (QED) is 0.365. The Hall–Kier alpha value is -1.35. The number of benzene rings is 2. The van der Waals surface area contributed by atoms with Gasteiger partial charge in [-0.05, 0) is 30.0 Å². The van der Waals surface area contributed by atoms with E-state index in [1.165, 1.54) is 36.2 Å². The van der Waals surface area contributed by atoms with E-state index in [0.29, 0.717) is 0 Å². The van der Waals surface area contributed by atoms with Crippen LogP contribution in [0, 0.1) is 6.92 Å². The zero-order chi connectivity index (χ0) is 13.7. The molecule has 4 rings (SSSR count). The van der Waals surface area contributed by atoms with E-state index >= 15 is 0 Å². The summed E-state index contributed by atoms with van der Waals surface area (Å²) >= 11 is 9.94. The van der Waals surface area contributed by atoms with Gasteiger partial charge in [0.1, 0.15) is 0 Å². The minimum Gasteiger partial charge on any atom is -0.144 e. The maximum atomic E-state index is 6.34. The van der Waals surface area contributed by atoms with E-state index in [9.17, 15) is 0 Å². The monoisotopic (exact) mass is 314 g/mol. The van der Waals surface area contributed by atoms with Crippen LogP contribution in [0.5, 0.6) is 0 Å². The van der Waals surface area contributed by atoms with Gasteiger partial charge in [-0.3, -0.25) is 0 Å². The first-order chi connectivity index (χ1) is 9.74. The predicted octanol–water partition coefficient (Wildman–Crippen LogP) is 6.74. The predicted molar refractivity (Wildman–Crippen MR) is 92.4 cm³/mol. The lowest BCUT2D eigenvalue weighted by atomic mass is 10.1. The molecule has 98 valence electrons. The maximum Gasteiger partial charge on any atom is 0.0584 e. The fraction of sp³-hybridized carbons (Fsp3) is 0.0588. The van der Waals surface area contributed by atoms with E-state index in [1.54, 1.807) is 22.7 Å². The smallest absolute Gasteiger partial charge is 0.0584 e. The van der Waals surface area contributed by atoms with Gasteiger partial charge in [0.05, 0.1) is 9.72 Å². The third kappa shape index (κ3) is 1.80. The number of hydrogen-bond acceptors (Lipinski definition) is 2. The van der Waals surface area contributed by atoms with E-state index in [1.807, 2.05) is 12.1 Å². The average molecular weight is 315 g/mol. The van der Waals surface area contributed by atoms with Crippen LogP contribution in [0.4, 0.5) is 0 Å². The number of thiophene rings is 2. The van der Waals surface area contributed by atoms with Crippen molar-refractivity contribution >= 4 is 54.4 Å². The molecule has 2 aromatic heterocycles. The van der Waals surface area contributed by atoms with E-state index in [-0.39, 0.29) is 0 Å². The Morgan fingerprint density at radius 1 is 0.950 bits per heavy atom. The summed E-state index contributed by atoms with van der Waals surface area (Å²) in [4.78, 5) is 1.33. The van der Waals surface area contributed by atoms with Crippen LogP contribution in [0.15, 0.2) is 47.8 Å². The molecule has 2 aromatic carbocycles. The first-order valence-electron chi connectivity index (χ1n) is 6.39. The average Bonchev–Trinajstić information content (AvgIpc) is 3.03. The summed E-state index contributed by atoms with van der Waals surface area (Å²) in [5.41, 5.74) is 2.64. The van der Waals surface area contributed by atoms with E-state index in [2.05, 4.69) is 42.6 Å². The van der Waals surface area contributed by atoms with Crippen molar-refractivity contribution in [1.29, 1.82) is 0 Å². The van der Waals surface area contributed by atoms with Crippen molar-refractivity contribution in [2.75, 3.05) is 0 Å². The molecule has 0 aliphatic rings. The molecule has 0 radical (unpaired) electrons. The van der Waals surface area contributed by atoms with Crippen LogP contribution in [0.2, 0.25) is 5.02 Å². The summed E-state index contributed by atoms with van der Waals surface area (Å²) in [6.45, 7) is 2.14. The highest BCUT2D eigenvalue weighted by Gasteiger charge is 2.12. The molecule has 0 atom stereocenters. The molecular weight excluding hydrogens is 304 g/mol. The summed E-state index contributed by atoms with van der Waals surface area (Å²) in [6.07, 6.45) is 0.